The molecule has 1 unspecified atom stereocenters. The number of amides is 1. The molecule has 12 heteroatoms. The quantitative estimate of drug-likeness (QED) is 0.313. The molecule has 0 heterocycles. The number of benzene rings is 1. The van der Waals surface area contributed by atoms with Crippen LogP contribution in [0.2, 0.25) is 0 Å². The molecule has 28 heavy (non-hydrogen) atoms. The van der Waals surface area contributed by atoms with Crippen LogP contribution in [0.4, 0.5) is 9.18 Å². The van der Waals surface area contributed by atoms with E-state index in [-0.39, 0.29) is 23.3 Å². The lowest BCUT2D eigenvalue weighted by Gasteiger charge is -2.26. The molecule has 0 saturated carbocycles. The van der Waals surface area contributed by atoms with Gasteiger partial charge in [0.2, 0.25) is 0 Å². The number of hydrogen-bond donors (Lipinski definition) is 2. The second-order valence-corrected chi connectivity index (χ2v) is 8.89. The lowest BCUT2D eigenvalue weighted by atomic mass is 10.0. The van der Waals surface area contributed by atoms with Crippen molar-refractivity contribution >= 4 is 45.1 Å². The van der Waals surface area contributed by atoms with E-state index in [0.717, 1.165) is 6.26 Å². The molecule has 1 rings (SSSR count). The number of methoxy groups -OCH3 is 1. The SMILES string of the molecule is CO[C@H](NC(=O)C(Cl)Cl)[C@@H](CCC(F)c1ccc(S(C)(=O)=O)cc1)OC(=O)O. The maximum Gasteiger partial charge on any atom is 0.506 e. The predicted molar refractivity (Wildman–Crippen MR) is 100.0 cm³/mol. The van der Waals surface area contributed by atoms with E-state index in [9.17, 15) is 22.4 Å². The fraction of sp³-hybridized carbons (Fsp3) is 0.500. The van der Waals surface area contributed by atoms with E-state index >= 15 is 0 Å². The van der Waals surface area contributed by atoms with E-state index < -0.39 is 45.2 Å². The molecule has 1 amide bonds. The van der Waals surface area contributed by atoms with Crippen molar-refractivity contribution < 1.29 is 37.0 Å². The van der Waals surface area contributed by atoms with Crippen LogP contribution in [-0.2, 0) is 24.1 Å². The Balaban J connectivity index is 2.83. The van der Waals surface area contributed by atoms with Crippen molar-refractivity contribution in [2.75, 3.05) is 13.4 Å². The van der Waals surface area contributed by atoms with Crippen molar-refractivity contribution in [3.63, 3.8) is 0 Å². The zero-order valence-corrected chi connectivity index (χ0v) is 17.3. The van der Waals surface area contributed by atoms with Gasteiger partial charge in [0.25, 0.3) is 5.91 Å². The van der Waals surface area contributed by atoms with Crippen LogP contribution in [0.15, 0.2) is 29.2 Å². The van der Waals surface area contributed by atoms with Crippen LogP contribution in [0, 0.1) is 0 Å². The van der Waals surface area contributed by atoms with Crippen LogP contribution in [0.25, 0.3) is 0 Å². The Bertz CT molecular complexity index is 774. The summed E-state index contributed by atoms with van der Waals surface area (Å²) in [6.07, 6.45) is -4.92. The van der Waals surface area contributed by atoms with Gasteiger partial charge in [-0.3, -0.25) is 4.79 Å². The van der Waals surface area contributed by atoms with Crippen molar-refractivity contribution in [1.29, 1.82) is 0 Å². The second-order valence-electron chi connectivity index (χ2n) is 5.77. The number of nitrogens with one attached hydrogen (secondary N) is 1. The zero-order chi connectivity index (χ0) is 21.5. The van der Waals surface area contributed by atoms with Gasteiger partial charge in [0.1, 0.15) is 6.17 Å². The van der Waals surface area contributed by atoms with Gasteiger partial charge >= 0.3 is 6.16 Å². The van der Waals surface area contributed by atoms with Gasteiger partial charge in [0.05, 0.1) is 4.90 Å². The van der Waals surface area contributed by atoms with E-state index in [0.29, 0.717) is 0 Å². The van der Waals surface area contributed by atoms with Crippen molar-refractivity contribution in [3.05, 3.63) is 29.8 Å². The van der Waals surface area contributed by atoms with Crippen molar-refractivity contribution in [2.45, 2.75) is 41.1 Å². The van der Waals surface area contributed by atoms with E-state index in [4.69, 9.17) is 33.0 Å². The molecule has 1 aromatic rings. The summed E-state index contributed by atoms with van der Waals surface area (Å²) < 4.78 is 47.1. The maximum atomic E-state index is 14.5. The first-order valence-corrected chi connectivity index (χ1v) is 10.7. The van der Waals surface area contributed by atoms with E-state index in [2.05, 4.69) is 10.1 Å². The Kier molecular flexibility index (Phi) is 9.42. The first-order chi connectivity index (χ1) is 13.0. The van der Waals surface area contributed by atoms with Gasteiger partial charge in [0.15, 0.2) is 27.0 Å². The number of hydrogen-bond acceptors (Lipinski definition) is 6. The van der Waals surface area contributed by atoms with Crippen molar-refractivity contribution in [1.82, 2.24) is 5.32 Å². The molecule has 0 aliphatic carbocycles. The minimum atomic E-state index is -3.40. The van der Waals surface area contributed by atoms with Gasteiger partial charge in [-0.05, 0) is 30.5 Å². The van der Waals surface area contributed by atoms with E-state index in [1.807, 2.05) is 0 Å². The Hall–Kier alpha value is -1.62. The molecule has 2 N–H and O–H groups in total. The Labute approximate surface area is 171 Å². The van der Waals surface area contributed by atoms with E-state index in [1.165, 1.54) is 31.4 Å². The van der Waals surface area contributed by atoms with Gasteiger partial charge in [-0.15, -0.1) is 0 Å². The largest absolute Gasteiger partial charge is 0.506 e. The lowest BCUT2D eigenvalue weighted by Crippen LogP contribution is -2.48. The van der Waals surface area contributed by atoms with E-state index in [1.54, 1.807) is 0 Å². The highest BCUT2D eigenvalue weighted by molar-refractivity contribution is 7.90. The Morgan fingerprint density at radius 2 is 1.79 bits per heavy atom. The second kappa shape index (κ2) is 10.8. The summed E-state index contributed by atoms with van der Waals surface area (Å²) in [5.74, 6) is -0.831. The third-order valence-corrected chi connectivity index (χ3v) is 5.23. The first kappa shape index (κ1) is 24.4. The molecule has 0 fully saturated rings. The van der Waals surface area contributed by atoms with Gasteiger partial charge in [-0.1, -0.05) is 35.3 Å². The van der Waals surface area contributed by atoms with Crippen LogP contribution in [0.1, 0.15) is 24.6 Å². The smallest absolute Gasteiger partial charge is 0.450 e. The first-order valence-electron chi connectivity index (χ1n) is 7.90. The minimum Gasteiger partial charge on any atom is -0.450 e. The number of sulfone groups is 1. The molecule has 0 radical (unpaired) electrons. The van der Waals surface area contributed by atoms with Crippen LogP contribution < -0.4 is 5.32 Å². The average molecular weight is 460 g/mol. The summed E-state index contributed by atoms with van der Waals surface area (Å²) in [5.41, 5.74) is 0.209. The molecule has 0 saturated heterocycles. The number of rotatable bonds is 10. The lowest BCUT2D eigenvalue weighted by molar-refractivity contribution is -0.128. The van der Waals surface area contributed by atoms with Crippen LogP contribution in [0.5, 0.6) is 0 Å². The molecule has 1 aromatic carbocycles. The molecular weight excluding hydrogens is 440 g/mol. The molecule has 0 bridgehead atoms. The summed E-state index contributed by atoms with van der Waals surface area (Å²) in [5, 5.41) is 11.1. The molecular formula is C16H20Cl2FNO7S. The average Bonchev–Trinajstić information content (AvgIpc) is 2.61. The zero-order valence-electron chi connectivity index (χ0n) is 15.0. The molecule has 0 aliphatic rings. The summed E-state index contributed by atoms with van der Waals surface area (Å²) in [7, 11) is -2.21. The minimum absolute atomic E-state index is 0.0504. The number of carbonyl (C=O) groups excluding carboxylic acids is 1. The normalized spacial score (nSPS) is 14.9. The molecule has 3 atom stereocenters. The molecule has 158 valence electrons. The topological polar surface area (TPSA) is 119 Å². The van der Waals surface area contributed by atoms with Crippen molar-refractivity contribution in [3.8, 4) is 0 Å². The maximum absolute atomic E-state index is 14.5. The van der Waals surface area contributed by atoms with Gasteiger partial charge in [-0.25, -0.2) is 17.6 Å². The third kappa shape index (κ3) is 7.78. The van der Waals surface area contributed by atoms with Gasteiger partial charge in [0, 0.05) is 13.4 Å². The molecule has 0 aliphatic heterocycles. The Morgan fingerprint density at radius 3 is 2.21 bits per heavy atom. The van der Waals surface area contributed by atoms with Gasteiger partial charge in [-0.2, -0.15) is 0 Å². The third-order valence-electron chi connectivity index (χ3n) is 3.70. The van der Waals surface area contributed by atoms with Gasteiger partial charge < -0.3 is 19.9 Å². The standard InChI is InChI=1S/C16H20Cl2FNO7S/c1-26-15(20-14(21)13(17)18)12(27-16(22)23)8-7-11(19)9-3-5-10(6-4-9)28(2,24)25/h3-6,11-13,15H,7-8H2,1-2H3,(H,20,21)(H,22,23)/t11?,12-,15+/m1/s1. The highest BCUT2D eigenvalue weighted by atomic mass is 35.5. The highest BCUT2D eigenvalue weighted by Gasteiger charge is 2.29. The Morgan fingerprint density at radius 1 is 1.21 bits per heavy atom. The summed E-state index contributed by atoms with van der Waals surface area (Å²) >= 11 is 10.9. The highest BCUT2D eigenvalue weighted by Crippen LogP contribution is 2.26. The van der Waals surface area contributed by atoms with Crippen LogP contribution in [0.3, 0.4) is 0 Å². The number of carboxylic acid groups (broad SMARTS) is 1. The monoisotopic (exact) mass is 459 g/mol. The molecule has 0 aromatic heterocycles. The number of alkyl halides is 3. The fourth-order valence-electron chi connectivity index (χ4n) is 2.31. The summed E-state index contributed by atoms with van der Waals surface area (Å²) in [4.78, 5) is 21.1. The molecule has 8 nitrogen and oxygen atoms in total. The number of halogens is 3. The number of ether oxygens (including phenoxy) is 2. The van der Waals surface area contributed by atoms with Crippen LogP contribution in [-0.4, -0.2) is 56.1 Å². The fourth-order valence-corrected chi connectivity index (χ4v) is 3.07. The van der Waals surface area contributed by atoms with Crippen molar-refractivity contribution in [2.24, 2.45) is 0 Å². The predicted octanol–water partition coefficient (Wildman–Crippen LogP) is 2.84. The van der Waals surface area contributed by atoms with Crippen LogP contribution >= 0.6 is 23.2 Å². The summed E-state index contributed by atoms with van der Waals surface area (Å²) in [6, 6.07) is 5.22. The molecule has 0 spiro atoms. The number of carbonyl (C=O) groups is 2. The summed E-state index contributed by atoms with van der Waals surface area (Å²) in [6.45, 7) is 0.